The van der Waals surface area contributed by atoms with E-state index in [-0.39, 0.29) is 6.71 Å². The molecule has 0 N–H and O–H groups in total. The highest BCUT2D eigenvalue weighted by molar-refractivity contribution is 7.00. The number of aromatic nitrogens is 1. The van der Waals surface area contributed by atoms with Crippen LogP contribution < -0.4 is 26.2 Å². The third kappa shape index (κ3) is 8.84. The molecule has 0 bridgehead atoms. The average molecular weight is 1390 g/mol. The number of para-hydroxylation sites is 4. The molecule has 2 aliphatic heterocycles. The maximum absolute atomic E-state index is 2.71. The van der Waals surface area contributed by atoms with Crippen LogP contribution in [0.5, 0.6) is 0 Å². The number of rotatable bonds is 9. The third-order valence-electron chi connectivity index (χ3n) is 24.3. The zero-order valence-electron chi connectivity index (χ0n) is 59.9. The standard InChI is InChI=1S/C106H64BN3/c1-5-25-65(26-6-1)78-41-23-42-79(66-27-7-2-8-28-66)105(78)109-96-61-71(75-57-73-37-21-47-86-84-45-17-33-69-35-19-49-88(100(69)84)90(59-75)102(73)86)53-55-92(96)107-93-56-54-72(76-58-74-38-22-48-87-85-46-18-34-70-36-20-50-89(101(70)85)91(60-76)103(74)87)62-97(93)110(106-80(67-29-9-3-10-30-67)43-24-44-81(106)68-31-11-4-12-32-68)99-64-77(63-98(109)104(99)107)108-94-51-15-13-39-82(94)83-40-14-16-52-95(83)108/h1-64H. The normalized spacial score (nSPS) is 12.7. The Kier molecular flexibility index (Phi) is 13.1. The van der Waals surface area contributed by atoms with E-state index in [9.17, 15) is 0 Å². The van der Waals surface area contributed by atoms with Crippen LogP contribution in [0.15, 0.2) is 388 Å². The molecule has 4 heteroatoms. The second kappa shape index (κ2) is 23.6. The van der Waals surface area contributed by atoms with Gasteiger partial charge in [-0.05, 0) is 208 Å². The quantitative estimate of drug-likeness (QED) is 0.0811. The largest absolute Gasteiger partial charge is 0.310 e. The SMILES string of the molecule is c1ccc(-c2cccc(-c3ccccc3)c2N2c3cc(-c4cc5cccc6c7cccc8cccc(c(c4)c56)c87)ccc3B3c4ccc(-c5cc6cccc7c8cccc9cccc(c(c5)c67)c98)cc4N(c4c(-c5ccccc5)cccc4-c4ccccc4)c4cc(-n5c6ccccc6c6ccccc65)cc2c43)cc1. The molecule has 0 atom stereocenters. The van der Waals surface area contributed by atoms with Crippen molar-refractivity contribution in [3.05, 3.63) is 388 Å². The summed E-state index contributed by atoms with van der Waals surface area (Å²) in [5, 5.41) is 22.8. The summed E-state index contributed by atoms with van der Waals surface area (Å²) in [4.78, 5) is 5.42. The molecule has 24 rings (SSSR count). The summed E-state index contributed by atoms with van der Waals surface area (Å²) in [5.41, 5.74) is 27.4. The molecule has 506 valence electrons. The number of benzene rings is 21. The Bertz CT molecular complexity index is 7020. The van der Waals surface area contributed by atoms with Crippen molar-refractivity contribution in [2.75, 3.05) is 9.80 Å². The number of nitrogens with zero attached hydrogens (tertiary/aromatic N) is 3. The van der Waals surface area contributed by atoms with Gasteiger partial charge in [-0.2, -0.15) is 0 Å². The Morgan fingerprint density at radius 2 is 0.500 bits per heavy atom. The van der Waals surface area contributed by atoms with Crippen molar-refractivity contribution in [2.24, 2.45) is 0 Å². The Morgan fingerprint density at radius 3 is 0.873 bits per heavy atom. The zero-order valence-corrected chi connectivity index (χ0v) is 59.9. The van der Waals surface area contributed by atoms with Gasteiger partial charge in [0.2, 0.25) is 0 Å². The summed E-state index contributed by atoms with van der Waals surface area (Å²) in [6.07, 6.45) is 0. The topological polar surface area (TPSA) is 11.4 Å². The second-order valence-corrected chi connectivity index (χ2v) is 30.1. The molecule has 22 aromatic rings. The minimum Gasteiger partial charge on any atom is -0.310 e. The van der Waals surface area contributed by atoms with Gasteiger partial charge in [-0.25, -0.2) is 0 Å². The van der Waals surface area contributed by atoms with E-state index in [0.29, 0.717) is 0 Å². The first-order valence-electron chi connectivity index (χ1n) is 38.3. The van der Waals surface area contributed by atoms with Crippen molar-refractivity contribution in [1.29, 1.82) is 0 Å². The minimum atomic E-state index is -0.273. The van der Waals surface area contributed by atoms with Gasteiger partial charge in [0.05, 0.1) is 28.1 Å². The van der Waals surface area contributed by atoms with E-state index < -0.39 is 0 Å². The molecule has 0 spiro atoms. The molecule has 0 radical (unpaired) electrons. The fraction of sp³-hybridized carbons (Fsp3) is 0. The molecular formula is C106H64BN3. The van der Waals surface area contributed by atoms with Crippen LogP contribution >= 0.6 is 0 Å². The van der Waals surface area contributed by atoms with Crippen LogP contribution in [0, 0.1) is 0 Å². The van der Waals surface area contributed by atoms with Gasteiger partial charge >= 0.3 is 0 Å². The highest BCUT2D eigenvalue weighted by atomic mass is 15.2. The summed E-state index contributed by atoms with van der Waals surface area (Å²) in [5.74, 6) is 0. The Labute approximate surface area is 636 Å². The van der Waals surface area contributed by atoms with Crippen molar-refractivity contribution in [2.45, 2.75) is 0 Å². The van der Waals surface area contributed by atoms with Crippen LogP contribution in [0.3, 0.4) is 0 Å². The molecule has 0 fully saturated rings. The monoisotopic (exact) mass is 1390 g/mol. The lowest BCUT2D eigenvalue weighted by Crippen LogP contribution is -2.61. The molecule has 3 heterocycles. The first-order valence-corrected chi connectivity index (χ1v) is 38.3. The van der Waals surface area contributed by atoms with Gasteiger partial charge in [-0.3, -0.25) is 0 Å². The highest BCUT2D eigenvalue weighted by Crippen LogP contribution is 2.56. The van der Waals surface area contributed by atoms with Crippen LogP contribution in [-0.4, -0.2) is 11.3 Å². The predicted molar refractivity (Wildman–Crippen MR) is 470 cm³/mol. The molecule has 1 aromatic heterocycles. The molecule has 0 saturated heterocycles. The van der Waals surface area contributed by atoms with E-state index >= 15 is 0 Å². The van der Waals surface area contributed by atoms with E-state index in [1.807, 2.05) is 0 Å². The van der Waals surface area contributed by atoms with Gasteiger partial charge < -0.3 is 14.4 Å². The van der Waals surface area contributed by atoms with E-state index in [1.54, 1.807) is 0 Å². The van der Waals surface area contributed by atoms with Gasteiger partial charge in [0.15, 0.2) is 0 Å². The fourth-order valence-corrected chi connectivity index (χ4v) is 19.8. The van der Waals surface area contributed by atoms with Crippen LogP contribution in [0.25, 0.3) is 180 Å². The van der Waals surface area contributed by atoms with E-state index in [4.69, 9.17) is 0 Å². The molecule has 3 nitrogen and oxygen atoms in total. The number of fused-ring (bicyclic) bond motifs is 11. The molecular weight excluding hydrogens is 1330 g/mol. The Hall–Kier alpha value is -14.3. The molecule has 0 amide bonds. The van der Waals surface area contributed by atoms with E-state index in [0.717, 1.165) is 106 Å². The molecule has 21 aromatic carbocycles. The van der Waals surface area contributed by atoms with Crippen LogP contribution in [0.4, 0.5) is 34.1 Å². The van der Waals surface area contributed by atoms with Crippen molar-refractivity contribution >= 4 is 165 Å². The number of anilines is 6. The van der Waals surface area contributed by atoms with Crippen LogP contribution in [0.2, 0.25) is 0 Å². The lowest BCUT2D eigenvalue weighted by atomic mass is 9.33. The van der Waals surface area contributed by atoms with Crippen molar-refractivity contribution < 1.29 is 0 Å². The van der Waals surface area contributed by atoms with E-state index in [2.05, 4.69) is 403 Å². The fourth-order valence-electron chi connectivity index (χ4n) is 19.8. The smallest absolute Gasteiger partial charge is 0.252 e. The van der Waals surface area contributed by atoms with Crippen molar-refractivity contribution in [3.8, 4) is 72.4 Å². The summed E-state index contributed by atoms with van der Waals surface area (Å²) < 4.78 is 2.55. The van der Waals surface area contributed by atoms with Crippen LogP contribution in [-0.2, 0) is 0 Å². The summed E-state index contributed by atoms with van der Waals surface area (Å²) in [7, 11) is 0. The lowest BCUT2D eigenvalue weighted by Gasteiger charge is -2.46. The van der Waals surface area contributed by atoms with Gasteiger partial charge in [0.1, 0.15) is 0 Å². The van der Waals surface area contributed by atoms with Gasteiger partial charge in [-0.15, -0.1) is 0 Å². The van der Waals surface area contributed by atoms with Gasteiger partial charge in [0.25, 0.3) is 6.71 Å². The van der Waals surface area contributed by atoms with Gasteiger partial charge in [0, 0.05) is 55.8 Å². The molecule has 0 aliphatic carbocycles. The second-order valence-electron chi connectivity index (χ2n) is 30.1. The minimum absolute atomic E-state index is 0.273. The summed E-state index contributed by atoms with van der Waals surface area (Å²) in [6.45, 7) is -0.273. The Balaban J connectivity index is 0.865. The average Bonchev–Trinajstić information content (AvgIpc) is 0.791. The highest BCUT2D eigenvalue weighted by Gasteiger charge is 2.46. The molecule has 110 heavy (non-hydrogen) atoms. The van der Waals surface area contributed by atoms with E-state index in [1.165, 1.54) is 124 Å². The molecule has 0 saturated carbocycles. The van der Waals surface area contributed by atoms with Gasteiger partial charge in [-0.1, -0.05) is 328 Å². The summed E-state index contributed by atoms with van der Waals surface area (Å²) in [6, 6.07) is 147. The predicted octanol–water partition coefficient (Wildman–Crippen LogP) is 27.0. The number of hydrogen-bond donors (Lipinski definition) is 0. The maximum Gasteiger partial charge on any atom is 0.252 e. The van der Waals surface area contributed by atoms with Crippen molar-refractivity contribution in [3.63, 3.8) is 0 Å². The molecule has 0 unspecified atom stereocenters. The first kappa shape index (κ1) is 60.9. The van der Waals surface area contributed by atoms with Crippen molar-refractivity contribution in [1.82, 2.24) is 4.57 Å². The number of hydrogen-bond acceptors (Lipinski definition) is 2. The third-order valence-corrected chi connectivity index (χ3v) is 24.3. The Morgan fingerprint density at radius 1 is 0.191 bits per heavy atom. The lowest BCUT2D eigenvalue weighted by molar-refractivity contribution is 1.16. The molecule has 2 aliphatic rings. The summed E-state index contributed by atoms with van der Waals surface area (Å²) >= 11 is 0. The first-order chi connectivity index (χ1) is 54.6. The van der Waals surface area contributed by atoms with Crippen LogP contribution in [0.1, 0.15) is 0 Å². The maximum atomic E-state index is 2.71. The zero-order chi connectivity index (χ0) is 71.8.